The normalized spacial score (nSPS) is 14.9. The second-order valence-corrected chi connectivity index (χ2v) is 8.25. The van der Waals surface area contributed by atoms with Crippen LogP contribution in [-0.4, -0.2) is 48.2 Å². The number of sulfonamides is 1. The number of carbonyl (C=O) groups excluding carboxylic acids is 2. The van der Waals surface area contributed by atoms with Gasteiger partial charge in [0.25, 0.3) is 21.8 Å². The first kappa shape index (κ1) is 20.3. The second kappa shape index (κ2) is 7.92. The average Bonchev–Trinajstić information content (AvgIpc) is 2.71. The number of hydrogen-bond acceptors (Lipinski definition) is 6. The molecule has 0 radical (unpaired) electrons. The molecule has 0 unspecified atom stereocenters. The van der Waals surface area contributed by atoms with E-state index in [1.807, 2.05) is 6.92 Å². The summed E-state index contributed by atoms with van der Waals surface area (Å²) < 4.78 is 26.1. The highest BCUT2D eigenvalue weighted by atomic mass is 32.2. The third kappa shape index (κ3) is 3.79. The third-order valence-corrected chi connectivity index (χ3v) is 6.15. The molecule has 2 heterocycles. The van der Waals surface area contributed by atoms with E-state index in [0.717, 1.165) is 10.7 Å². The van der Waals surface area contributed by atoms with E-state index in [1.54, 1.807) is 6.07 Å². The molecule has 10 heteroatoms. The molecule has 9 nitrogen and oxygen atoms in total. The van der Waals surface area contributed by atoms with Gasteiger partial charge in [-0.25, -0.2) is 13.4 Å². The standard InChI is InChI=1S/C19H20N4O5S/c1-3-10-20-18(25)12-8-9-15(21-11-12)22-19(26)16-17(24)13-6-4-5-7-14(13)29(27,28)23(16)2/h4-9,11,24H,3,10H2,1-2H3,(H,20,25)(H,21,22,26). The molecule has 152 valence electrons. The number of rotatable bonds is 5. The van der Waals surface area contributed by atoms with Crippen LogP contribution in [0.1, 0.15) is 29.3 Å². The molecule has 1 aromatic carbocycles. The monoisotopic (exact) mass is 416 g/mol. The Kier molecular flexibility index (Phi) is 5.55. The molecular weight excluding hydrogens is 396 g/mol. The van der Waals surface area contributed by atoms with Gasteiger partial charge in [-0.1, -0.05) is 19.1 Å². The summed E-state index contributed by atoms with van der Waals surface area (Å²) in [4.78, 5) is 28.5. The molecule has 0 atom stereocenters. The fraction of sp³-hybridized carbons (Fsp3) is 0.211. The van der Waals surface area contributed by atoms with Crippen LogP contribution in [0.4, 0.5) is 5.82 Å². The summed E-state index contributed by atoms with van der Waals surface area (Å²) >= 11 is 0. The Morgan fingerprint density at radius 3 is 2.52 bits per heavy atom. The van der Waals surface area contributed by atoms with Crippen molar-refractivity contribution in [3.63, 3.8) is 0 Å². The van der Waals surface area contributed by atoms with Crippen molar-refractivity contribution in [2.24, 2.45) is 0 Å². The number of fused-ring (bicyclic) bond motifs is 1. The maximum absolute atomic E-state index is 12.7. The molecule has 0 spiro atoms. The maximum Gasteiger partial charge on any atom is 0.277 e. The number of anilines is 1. The summed E-state index contributed by atoms with van der Waals surface area (Å²) in [7, 11) is -2.80. The van der Waals surface area contributed by atoms with E-state index >= 15 is 0 Å². The lowest BCUT2D eigenvalue weighted by Gasteiger charge is -2.28. The van der Waals surface area contributed by atoms with Crippen LogP contribution in [0.15, 0.2) is 53.2 Å². The van der Waals surface area contributed by atoms with E-state index in [9.17, 15) is 23.1 Å². The Labute approximate surface area is 168 Å². The predicted molar refractivity (Wildman–Crippen MR) is 106 cm³/mol. The van der Waals surface area contributed by atoms with Crippen molar-refractivity contribution in [2.45, 2.75) is 18.2 Å². The molecule has 1 aromatic heterocycles. The summed E-state index contributed by atoms with van der Waals surface area (Å²) in [6, 6.07) is 8.78. The number of aliphatic hydroxyl groups excluding tert-OH is 1. The van der Waals surface area contributed by atoms with Crippen molar-refractivity contribution in [3.8, 4) is 0 Å². The molecule has 0 aliphatic carbocycles. The van der Waals surface area contributed by atoms with Crippen molar-refractivity contribution in [1.29, 1.82) is 0 Å². The molecule has 0 saturated heterocycles. The van der Waals surface area contributed by atoms with Crippen LogP contribution in [0.5, 0.6) is 0 Å². The van der Waals surface area contributed by atoms with Gasteiger partial charge in [-0.15, -0.1) is 0 Å². The van der Waals surface area contributed by atoms with Gasteiger partial charge in [0.1, 0.15) is 5.82 Å². The Balaban J connectivity index is 1.86. The minimum Gasteiger partial charge on any atom is -0.505 e. The summed E-state index contributed by atoms with van der Waals surface area (Å²) in [6.45, 7) is 2.47. The van der Waals surface area contributed by atoms with Gasteiger partial charge in [0.15, 0.2) is 11.5 Å². The Bertz CT molecular complexity index is 1090. The number of benzene rings is 1. The Morgan fingerprint density at radius 1 is 1.14 bits per heavy atom. The van der Waals surface area contributed by atoms with Gasteiger partial charge in [0.2, 0.25) is 0 Å². The number of carbonyl (C=O) groups is 2. The predicted octanol–water partition coefficient (Wildman–Crippen LogP) is 1.72. The fourth-order valence-electron chi connectivity index (χ4n) is 2.80. The zero-order valence-corrected chi connectivity index (χ0v) is 16.7. The number of aliphatic hydroxyl groups is 1. The molecular formula is C19H20N4O5S. The van der Waals surface area contributed by atoms with Gasteiger partial charge >= 0.3 is 0 Å². The summed E-state index contributed by atoms with van der Waals surface area (Å²) in [5.74, 6) is -1.48. The molecule has 2 amide bonds. The van der Waals surface area contributed by atoms with Gasteiger partial charge in [0, 0.05) is 25.4 Å². The Morgan fingerprint density at radius 2 is 1.86 bits per heavy atom. The van der Waals surface area contributed by atoms with E-state index < -0.39 is 27.4 Å². The average molecular weight is 416 g/mol. The lowest BCUT2D eigenvalue weighted by Crippen LogP contribution is -2.37. The molecule has 0 fully saturated rings. The van der Waals surface area contributed by atoms with Gasteiger partial charge in [-0.05, 0) is 30.7 Å². The SMILES string of the molecule is CCCNC(=O)c1ccc(NC(=O)C2=C(O)c3ccccc3S(=O)(=O)N2C)nc1. The van der Waals surface area contributed by atoms with E-state index in [0.29, 0.717) is 12.1 Å². The van der Waals surface area contributed by atoms with Gasteiger partial charge in [-0.2, -0.15) is 0 Å². The van der Waals surface area contributed by atoms with E-state index in [4.69, 9.17) is 0 Å². The first-order valence-corrected chi connectivity index (χ1v) is 10.3. The number of amides is 2. The van der Waals surface area contributed by atoms with Crippen molar-refractivity contribution in [1.82, 2.24) is 14.6 Å². The Hall–Kier alpha value is -3.40. The number of pyridine rings is 1. The lowest BCUT2D eigenvalue weighted by molar-refractivity contribution is -0.113. The molecule has 1 aliphatic heterocycles. The number of hydrogen-bond donors (Lipinski definition) is 3. The van der Waals surface area contributed by atoms with Crippen molar-refractivity contribution in [2.75, 3.05) is 18.9 Å². The molecule has 29 heavy (non-hydrogen) atoms. The second-order valence-electron chi connectivity index (χ2n) is 6.31. The van der Waals surface area contributed by atoms with Crippen LogP contribution in [0.25, 0.3) is 5.76 Å². The van der Waals surface area contributed by atoms with Crippen LogP contribution in [0.3, 0.4) is 0 Å². The van der Waals surface area contributed by atoms with Crippen LogP contribution < -0.4 is 10.6 Å². The smallest absolute Gasteiger partial charge is 0.277 e. The topological polar surface area (TPSA) is 129 Å². The molecule has 0 bridgehead atoms. The number of aromatic nitrogens is 1. The molecule has 3 rings (SSSR count). The van der Waals surface area contributed by atoms with E-state index in [-0.39, 0.29) is 22.2 Å². The van der Waals surface area contributed by atoms with Gasteiger partial charge < -0.3 is 15.7 Å². The number of likely N-dealkylation sites (N-methyl/N-ethyl adjacent to an activating group) is 1. The van der Waals surface area contributed by atoms with Crippen LogP contribution in [0.2, 0.25) is 0 Å². The minimum atomic E-state index is -3.99. The van der Waals surface area contributed by atoms with Crippen molar-refractivity contribution < 1.29 is 23.1 Å². The first-order valence-electron chi connectivity index (χ1n) is 8.84. The minimum absolute atomic E-state index is 0.0478. The van der Waals surface area contributed by atoms with Gasteiger partial charge in [-0.3, -0.25) is 13.9 Å². The highest BCUT2D eigenvalue weighted by Crippen LogP contribution is 2.34. The van der Waals surface area contributed by atoms with Crippen molar-refractivity contribution >= 4 is 33.4 Å². The fourth-order valence-corrected chi connectivity index (χ4v) is 4.20. The van der Waals surface area contributed by atoms with Gasteiger partial charge in [0.05, 0.1) is 10.5 Å². The largest absolute Gasteiger partial charge is 0.505 e. The lowest BCUT2D eigenvalue weighted by atomic mass is 10.1. The molecule has 0 saturated carbocycles. The van der Waals surface area contributed by atoms with E-state index in [1.165, 1.54) is 43.6 Å². The van der Waals surface area contributed by atoms with Crippen molar-refractivity contribution in [3.05, 3.63) is 59.4 Å². The quantitative estimate of drug-likeness (QED) is 0.681. The van der Waals surface area contributed by atoms with Crippen LogP contribution in [0, 0.1) is 0 Å². The molecule has 2 aromatic rings. The van der Waals surface area contributed by atoms with Crippen LogP contribution >= 0.6 is 0 Å². The summed E-state index contributed by atoms with van der Waals surface area (Å²) in [5, 5.41) is 15.7. The van der Waals surface area contributed by atoms with E-state index in [2.05, 4.69) is 15.6 Å². The zero-order valence-electron chi connectivity index (χ0n) is 15.8. The maximum atomic E-state index is 12.7. The van der Waals surface area contributed by atoms with Crippen LogP contribution in [-0.2, 0) is 14.8 Å². The summed E-state index contributed by atoms with van der Waals surface area (Å²) in [6.07, 6.45) is 2.09. The molecule has 3 N–H and O–H groups in total. The highest BCUT2D eigenvalue weighted by molar-refractivity contribution is 7.89. The molecule has 1 aliphatic rings. The third-order valence-electron chi connectivity index (χ3n) is 4.34. The highest BCUT2D eigenvalue weighted by Gasteiger charge is 2.37. The number of nitrogens with one attached hydrogen (secondary N) is 2. The zero-order chi connectivity index (χ0) is 21.2. The summed E-state index contributed by atoms with van der Waals surface area (Å²) in [5.41, 5.74) is -0.0493. The first-order chi connectivity index (χ1) is 13.8. The number of nitrogens with zero attached hydrogens (tertiary/aromatic N) is 2.